The molecular weight excluding hydrogens is 280 g/mol. The van der Waals surface area contributed by atoms with Crippen molar-refractivity contribution in [2.24, 2.45) is 5.41 Å². The van der Waals surface area contributed by atoms with Crippen LogP contribution in [-0.4, -0.2) is 5.11 Å². The van der Waals surface area contributed by atoms with Gasteiger partial charge in [0, 0.05) is 5.41 Å². The number of aromatic hydroxyl groups is 1. The second-order valence-corrected chi connectivity index (χ2v) is 6.60. The van der Waals surface area contributed by atoms with Crippen LogP contribution in [0.3, 0.4) is 0 Å². The van der Waals surface area contributed by atoms with Gasteiger partial charge in [-0.2, -0.15) is 0 Å². The lowest BCUT2D eigenvalue weighted by atomic mass is 9.59. The molecule has 0 spiro atoms. The first-order valence-corrected chi connectivity index (χ1v) is 7.94. The molecule has 0 heterocycles. The summed E-state index contributed by atoms with van der Waals surface area (Å²) in [6, 6.07) is 17.9. The number of benzene rings is 2. The molecule has 1 aliphatic carbocycles. The Balaban J connectivity index is 2.08. The summed E-state index contributed by atoms with van der Waals surface area (Å²) in [7, 11) is 0. The highest BCUT2D eigenvalue weighted by atomic mass is 16.3. The Morgan fingerprint density at radius 3 is 2.13 bits per heavy atom. The largest absolute Gasteiger partial charge is 0.508 e. The van der Waals surface area contributed by atoms with Gasteiger partial charge in [-0.25, -0.2) is 0 Å². The molecule has 116 valence electrons. The van der Waals surface area contributed by atoms with Gasteiger partial charge in [0.25, 0.3) is 0 Å². The molecule has 3 rings (SSSR count). The second-order valence-electron chi connectivity index (χ2n) is 6.60. The summed E-state index contributed by atoms with van der Waals surface area (Å²) in [5.41, 5.74) is 2.13. The van der Waals surface area contributed by atoms with E-state index in [1.807, 2.05) is 12.1 Å². The molecule has 1 heteroatoms. The molecule has 0 aromatic heterocycles. The molecule has 0 saturated heterocycles. The number of hydrogen-bond donors (Lipinski definition) is 1. The average Bonchev–Trinajstić information content (AvgIpc) is 2.56. The van der Waals surface area contributed by atoms with Gasteiger partial charge in [0.15, 0.2) is 0 Å². The molecule has 1 nitrogen and oxygen atoms in total. The van der Waals surface area contributed by atoms with E-state index in [1.54, 1.807) is 12.1 Å². The molecular formula is C22H22O. The van der Waals surface area contributed by atoms with Gasteiger partial charge in [0.2, 0.25) is 0 Å². The molecule has 0 amide bonds. The molecule has 23 heavy (non-hydrogen) atoms. The highest BCUT2D eigenvalue weighted by Gasteiger charge is 2.41. The van der Waals surface area contributed by atoms with Crippen molar-refractivity contribution in [3.8, 4) is 5.75 Å². The van der Waals surface area contributed by atoms with E-state index in [4.69, 9.17) is 0 Å². The van der Waals surface area contributed by atoms with Gasteiger partial charge in [0.1, 0.15) is 5.75 Å². The van der Waals surface area contributed by atoms with Crippen molar-refractivity contribution >= 4 is 6.08 Å². The molecule has 1 N–H and O–H groups in total. The molecule has 0 aliphatic heterocycles. The average molecular weight is 302 g/mol. The lowest BCUT2D eigenvalue weighted by Crippen LogP contribution is -2.38. The Hall–Kier alpha value is -2.54. The fraction of sp³-hybridized carbons (Fsp3) is 0.182. The van der Waals surface area contributed by atoms with Crippen molar-refractivity contribution in [2.45, 2.75) is 19.3 Å². The summed E-state index contributed by atoms with van der Waals surface area (Å²) in [5, 5.41) is 9.44. The number of allylic oxidation sites excluding steroid dienone is 5. The van der Waals surface area contributed by atoms with E-state index in [2.05, 4.69) is 80.6 Å². The first kappa shape index (κ1) is 15.4. The maximum Gasteiger partial charge on any atom is 0.115 e. The van der Waals surface area contributed by atoms with Crippen molar-refractivity contribution in [1.29, 1.82) is 0 Å². The number of hydrogen-bond acceptors (Lipinski definition) is 1. The lowest BCUT2D eigenvalue weighted by Gasteiger charge is -2.43. The molecule has 0 saturated carbocycles. The van der Waals surface area contributed by atoms with Gasteiger partial charge in [-0.05, 0) is 28.7 Å². The van der Waals surface area contributed by atoms with Crippen molar-refractivity contribution < 1.29 is 5.11 Å². The summed E-state index contributed by atoms with van der Waals surface area (Å²) < 4.78 is 0. The molecule has 2 aromatic rings. The maximum atomic E-state index is 9.44. The van der Waals surface area contributed by atoms with Crippen LogP contribution in [0, 0.1) is 5.41 Å². The van der Waals surface area contributed by atoms with Crippen LogP contribution in [0.15, 0.2) is 85.0 Å². The van der Waals surface area contributed by atoms with E-state index in [1.165, 1.54) is 5.56 Å². The van der Waals surface area contributed by atoms with Gasteiger partial charge >= 0.3 is 0 Å². The van der Waals surface area contributed by atoms with Crippen LogP contribution in [-0.2, 0) is 5.41 Å². The summed E-state index contributed by atoms with van der Waals surface area (Å²) in [5.74, 6) is 0.292. The Bertz CT molecular complexity index is 748. The van der Waals surface area contributed by atoms with Crippen molar-refractivity contribution in [2.75, 3.05) is 0 Å². The monoisotopic (exact) mass is 302 g/mol. The minimum Gasteiger partial charge on any atom is -0.508 e. The Morgan fingerprint density at radius 2 is 1.48 bits per heavy atom. The summed E-state index contributed by atoms with van der Waals surface area (Å²) >= 11 is 0. The Kier molecular flexibility index (Phi) is 3.96. The predicted molar refractivity (Wildman–Crippen MR) is 97.3 cm³/mol. The normalized spacial score (nSPS) is 22.5. The van der Waals surface area contributed by atoms with Crippen molar-refractivity contribution in [3.63, 3.8) is 0 Å². The zero-order valence-corrected chi connectivity index (χ0v) is 13.6. The topological polar surface area (TPSA) is 20.2 Å². The minimum absolute atomic E-state index is 0.0312. The first-order chi connectivity index (χ1) is 11.0. The molecule has 1 atom stereocenters. The van der Waals surface area contributed by atoms with Crippen LogP contribution in [0.25, 0.3) is 6.08 Å². The fourth-order valence-electron chi connectivity index (χ4n) is 3.22. The van der Waals surface area contributed by atoms with Gasteiger partial charge in [-0.15, -0.1) is 0 Å². The quantitative estimate of drug-likeness (QED) is 0.794. The third-order valence-corrected chi connectivity index (χ3v) is 4.73. The van der Waals surface area contributed by atoms with Crippen LogP contribution in [0.4, 0.5) is 0 Å². The van der Waals surface area contributed by atoms with Gasteiger partial charge in [-0.3, -0.25) is 0 Å². The summed E-state index contributed by atoms with van der Waals surface area (Å²) in [6.45, 7) is 4.53. The van der Waals surface area contributed by atoms with Crippen molar-refractivity contribution in [1.82, 2.24) is 0 Å². The standard InChI is InChI=1S/C22H22O/c1-21(2)15-6-7-16-22(21,19-8-4-3-5-9-19)17-14-18-10-12-20(23)13-11-18/h3-17,23H,1-2H3. The second kappa shape index (κ2) is 5.92. The van der Waals surface area contributed by atoms with Crippen LogP contribution in [0.1, 0.15) is 25.0 Å². The fourth-order valence-corrected chi connectivity index (χ4v) is 3.22. The molecule has 0 fully saturated rings. The molecule has 0 radical (unpaired) electrons. The number of phenolic OH excluding ortho intramolecular Hbond substituents is 1. The van der Waals surface area contributed by atoms with Crippen LogP contribution in [0.5, 0.6) is 5.75 Å². The maximum absolute atomic E-state index is 9.44. The van der Waals surface area contributed by atoms with Gasteiger partial charge in [0.05, 0.1) is 0 Å². The highest BCUT2D eigenvalue weighted by molar-refractivity contribution is 5.57. The number of phenols is 1. The van der Waals surface area contributed by atoms with Gasteiger partial charge < -0.3 is 5.11 Å². The van der Waals surface area contributed by atoms with E-state index < -0.39 is 0 Å². The van der Waals surface area contributed by atoms with Crippen LogP contribution < -0.4 is 0 Å². The van der Waals surface area contributed by atoms with E-state index in [0.29, 0.717) is 5.75 Å². The van der Waals surface area contributed by atoms with Gasteiger partial charge in [-0.1, -0.05) is 92.8 Å². The summed E-state index contributed by atoms with van der Waals surface area (Å²) in [4.78, 5) is 0. The number of rotatable bonds is 3. The third kappa shape index (κ3) is 2.87. The van der Waals surface area contributed by atoms with E-state index in [0.717, 1.165) is 5.56 Å². The summed E-state index contributed by atoms with van der Waals surface area (Å²) in [6.07, 6.45) is 13.2. The molecule has 1 aliphatic rings. The lowest BCUT2D eigenvalue weighted by molar-refractivity contribution is 0.338. The highest BCUT2D eigenvalue weighted by Crippen LogP contribution is 2.47. The predicted octanol–water partition coefficient (Wildman–Crippen LogP) is 5.50. The zero-order chi connectivity index (χ0) is 16.3. The van der Waals surface area contributed by atoms with Crippen LogP contribution >= 0.6 is 0 Å². The smallest absolute Gasteiger partial charge is 0.115 e. The van der Waals surface area contributed by atoms with Crippen molar-refractivity contribution in [3.05, 3.63) is 96.1 Å². The van der Waals surface area contributed by atoms with E-state index in [-0.39, 0.29) is 10.8 Å². The minimum atomic E-state index is -0.194. The molecule has 0 bridgehead atoms. The Morgan fingerprint density at radius 1 is 0.826 bits per heavy atom. The third-order valence-electron chi connectivity index (χ3n) is 4.73. The molecule has 1 unspecified atom stereocenters. The van der Waals surface area contributed by atoms with Crippen LogP contribution in [0.2, 0.25) is 0 Å². The SMILES string of the molecule is CC1(C)C=CC=CC1(C=Cc1ccc(O)cc1)c1ccccc1. The Labute approximate surface area is 138 Å². The van der Waals surface area contributed by atoms with E-state index >= 15 is 0 Å². The molecule has 2 aromatic carbocycles. The first-order valence-electron chi connectivity index (χ1n) is 7.94. The van der Waals surface area contributed by atoms with E-state index in [9.17, 15) is 5.11 Å². The zero-order valence-electron chi connectivity index (χ0n) is 13.6.